The molecule has 0 aromatic carbocycles. The molecule has 100 valence electrons. The number of hydrogen-bond donors (Lipinski definition) is 1. The van der Waals surface area contributed by atoms with Gasteiger partial charge in [0.25, 0.3) is 0 Å². The van der Waals surface area contributed by atoms with Gasteiger partial charge in [0.2, 0.25) is 0 Å². The van der Waals surface area contributed by atoms with Crippen LogP contribution in [-0.4, -0.2) is 23.1 Å². The predicted octanol–water partition coefficient (Wildman–Crippen LogP) is 2.63. The lowest BCUT2D eigenvalue weighted by Gasteiger charge is -2.08. The molecule has 1 aromatic heterocycles. The molecule has 4 heteroatoms. The van der Waals surface area contributed by atoms with E-state index in [0.717, 1.165) is 43.6 Å². The summed E-state index contributed by atoms with van der Waals surface area (Å²) in [6, 6.07) is 0.468. The highest BCUT2D eigenvalue weighted by Crippen LogP contribution is 2.09. The van der Waals surface area contributed by atoms with Crippen molar-refractivity contribution in [2.24, 2.45) is 0 Å². The molecule has 0 fully saturated rings. The van der Waals surface area contributed by atoms with Gasteiger partial charge in [-0.15, -0.1) is 6.58 Å². The van der Waals surface area contributed by atoms with Crippen LogP contribution in [-0.2, 0) is 6.54 Å². The maximum absolute atomic E-state index is 5.48. The van der Waals surface area contributed by atoms with Gasteiger partial charge >= 0.3 is 6.01 Å². The highest BCUT2D eigenvalue weighted by atomic mass is 16.5. The second kappa shape index (κ2) is 8.64. The molecule has 0 amide bonds. The van der Waals surface area contributed by atoms with E-state index in [2.05, 4.69) is 28.8 Å². The van der Waals surface area contributed by atoms with Crippen LogP contribution in [0.5, 0.6) is 6.01 Å². The van der Waals surface area contributed by atoms with Gasteiger partial charge in [0.05, 0.1) is 6.61 Å². The Balaban J connectivity index is 2.43. The largest absolute Gasteiger partial charge is 0.463 e. The number of hydrogen-bond acceptors (Lipinski definition) is 4. The molecule has 1 N–H and O–H groups in total. The smallest absolute Gasteiger partial charge is 0.316 e. The van der Waals surface area contributed by atoms with E-state index in [1.165, 1.54) is 0 Å². The van der Waals surface area contributed by atoms with E-state index in [9.17, 15) is 0 Å². The molecule has 0 radical (unpaired) electrons. The van der Waals surface area contributed by atoms with Crippen molar-refractivity contribution in [3.8, 4) is 6.01 Å². The first kappa shape index (κ1) is 14.6. The van der Waals surface area contributed by atoms with Gasteiger partial charge in [0.15, 0.2) is 0 Å². The summed E-state index contributed by atoms with van der Waals surface area (Å²) in [5, 5.41) is 3.34. The number of aromatic nitrogens is 2. The second-order valence-corrected chi connectivity index (χ2v) is 4.22. The zero-order valence-electron chi connectivity index (χ0n) is 11.4. The van der Waals surface area contributed by atoms with Crippen LogP contribution in [0.2, 0.25) is 0 Å². The van der Waals surface area contributed by atoms with Crippen molar-refractivity contribution in [1.82, 2.24) is 15.3 Å². The third-order valence-electron chi connectivity index (χ3n) is 2.58. The first-order chi connectivity index (χ1) is 8.77. The molecular formula is C14H23N3O. The molecule has 0 unspecified atom stereocenters. The van der Waals surface area contributed by atoms with Crippen LogP contribution in [0.15, 0.2) is 18.9 Å². The lowest BCUT2D eigenvalue weighted by Crippen LogP contribution is -2.15. The Hall–Kier alpha value is -1.42. The minimum atomic E-state index is 0.468. The summed E-state index contributed by atoms with van der Waals surface area (Å²) in [5.41, 5.74) is 2.11. The van der Waals surface area contributed by atoms with Crippen molar-refractivity contribution in [1.29, 1.82) is 0 Å². The van der Waals surface area contributed by atoms with Gasteiger partial charge < -0.3 is 10.1 Å². The third kappa shape index (κ3) is 5.27. The zero-order valence-corrected chi connectivity index (χ0v) is 11.4. The van der Waals surface area contributed by atoms with Crippen LogP contribution in [0.4, 0.5) is 0 Å². The van der Waals surface area contributed by atoms with Crippen molar-refractivity contribution in [3.05, 3.63) is 30.1 Å². The van der Waals surface area contributed by atoms with E-state index < -0.39 is 0 Å². The average molecular weight is 249 g/mol. The molecule has 0 aliphatic rings. The number of ether oxygens (including phenoxy) is 1. The van der Waals surface area contributed by atoms with Crippen molar-refractivity contribution >= 4 is 0 Å². The maximum Gasteiger partial charge on any atom is 0.316 e. The Morgan fingerprint density at radius 1 is 1.50 bits per heavy atom. The van der Waals surface area contributed by atoms with E-state index in [0.29, 0.717) is 12.6 Å². The third-order valence-corrected chi connectivity index (χ3v) is 2.58. The summed E-state index contributed by atoms with van der Waals surface area (Å²) in [6.07, 6.45) is 6.76. The summed E-state index contributed by atoms with van der Waals surface area (Å²) >= 11 is 0. The molecule has 18 heavy (non-hydrogen) atoms. The first-order valence-corrected chi connectivity index (χ1v) is 6.54. The Kier molecular flexibility index (Phi) is 7.03. The molecule has 1 heterocycles. The fraction of sp³-hybridized carbons (Fsp3) is 0.571. The minimum Gasteiger partial charge on any atom is -0.463 e. The Morgan fingerprint density at radius 3 is 3.00 bits per heavy atom. The fourth-order valence-corrected chi connectivity index (χ4v) is 1.50. The van der Waals surface area contributed by atoms with Gasteiger partial charge in [-0.1, -0.05) is 13.0 Å². The summed E-state index contributed by atoms with van der Waals surface area (Å²) in [7, 11) is 0. The van der Waals surface area contributed by atoms with Crippen LogP contribution in [0.25, 0.3) is 0 Å². The maximum atomic E-state index is 5.48. The highest BCUT2D eigenvalue weighted by Gasteiger charge is 2.03. The SMILES string of the molecule is C=CCCCOc1ncc(CNCCC)c(C)n1. The van der Waals surface area contributed by atoms with Gasteiger partial charge in [-0.2, -0.15) is 0 Å². The molecule has 0 saturated carbocycles. The van der Waals surface area contributed by atoms with E-state index in [1.54, 1.807) is 0 Å². The lowest BCUT2D eigenvalue weighted by molar-refractivity contribution is 0.286. The highest BCUT2D eigenvalue weighted by molar-refractivity contribution is 5.17. The number of rotatable bonds is 9. The van der Waals surface area contributed by atoms with Gasteiger partial charge in [0, 0.05) is 24.0 Å². The molecule has 0 aliphatic heterocycles. The van der Waals surface area contributed by atoms with Crippen molar-refractivity contribution < 1.29 is 4.74 Å². The van der Waals surface area contributed by atoms with E-state index in [-0.39, 0.29) is 0 Å². The van der Waals surface area contributed by atoms with Crippen LogP contribution in [0.3, 0.4) is 0 Å². The van der Waals surface area contributed by atoms with Crippen LogP contribution < -0.4 is 10.1 Å². The Labute approximate surface area is 109 Å². The van der Waals surface area contributed by atoms with Crippen molar-refractivity contribution in [2.45, 2.75) is 39.7 Å². The summed E-state index contributed by atoms with van der Waals surface area (Å²) in [4.78, 5) is 8.57. The molecule has 0 aliphatic carbocycles. The van der Waals surface area contributed by atoms with Crippen LogP contribution >= 0.6 is 0 Å². The van der Waals surface area contributed by atoms with E-state index in [4.69, 9.17) is 4.74 Å². The second-order valence-electron chi connectivity index (χ2n) is 4.22. The monoisotopic (exact) mass is 249 g/mol. The fourth-order valence-electron chi connectivity index (χ4n) is 1.50. The summed E-state index contributed by atoms with van der Waals surface area (Å²) in [6.45, 7) is 10.3. The molecule has 0 atom stereocenters. The summed E-state index contributed by atoms with van der Waals surface area (Å²) < 4.78 is 5.48. The Bertz CT molecular complexity index is 366. The number of allylic oxidation sites excluding steroid dienone is 1. The molecule has 1 rings (SSSR count). The number of nitrogens with zero attached hydrogens (tertiary/aromatic N) is 2. The van der Waals surface area contributed by atoms with Crippen molar-refractivity contribution in [2.75, 3.05) is 13.2 Å². The number of aryl methyl sites for hydroxylation is 1. The van der Waals surface area contributed by atoms with E-state index in [1.807, 2.05) is 19.2 Å². The average Bonchev–Trinajstić information content (AvgIpc) is 2.37. The van der Waals surface area contributed by atoms with Crippen molar-refractivity contribution in [3.63, 3.8) is 0 Å². The summed E-state index contributed by atoms with van der Waals surface area (Å²) in [5.74, 6) is 0. The standard InChI is InChI=1S/C14H23N3O/c1-4-6-7-9-18-14-16-11-13(12(3)17-14)10-15-8-5-2/h4,11,15H,1,5-10H2,2-3H3. The van der Waals surface area contributed by atoms with Crippen LogP contribution in [0.1, 0.15) is 37.4 Å². The predicted molar refractivity (Wildman–Crippen MR) is 73.7 cm³/mol. The number of nitrogens with one attached hydrogen (secondary N) is 1. The normalized spacial score (nSPS) is 10.3. The lowest BCUT2D eigenvalue weighted by atomic mass is 10.2. The molecule has 0 spiro atoms. The first-order valence-electron chi connectivity index (χ1n) is 6.54. The zero-order chi connectivity index (χ0) is 13.2. The van der Waals surface area contributed by atoms with Gasteiger partial charge in [-0.25, -0.2) is 9.97 Å². The molecule has 0 bridgehead atoms. The topological polar surface area (TPSA) is 47.0 Å². The molecule has 1 aromatic rings. The molecule has 4 nitrogen and oxygen atoms in total. The van der Waals surface area contributed by atoms with Gasteiger partial charge in [-0.3, -0.25) is 0 Å². The van der Waals surface area contributed by atoms with Crippen LogP contribution in [0, 0.1) is 6.92 Å². The van der Waals surface area contributed by atoms with Gasteiger partial charge in [0.1, 0.15) is 0 Å². The van der Waals surface area contributed by atoms with E-state index >= 15 is 0 Å². The molecular weight excluding hydrogens is 226 g/mol. The molecule has 0 saturated heterocycles. The van der Waals surface area contributed by atoms with Gasteiger partial charge in [-0.05, 0) is 32.7 Å². The quantitative estimate of drug-likeness (QED) is 0.540. The number of unbranched alkanes of at least 4 members (excludes halogenated alkanes) is 1. The Morgan fingerprint density at radius 2 is 2.33 bits per heavy atom. The minimum absolute atomic E-state index is 0.468.